The van der Waals surface area contributed by atoms with Crippen LogP contribution < -0.4 is 0 Å². The number of benzene rings is 1. The second-order valence-electron chi connectivity index (χ2n) is 5.04. The quantitative estimate of drug-likeness (QED) is 0.863. The number of hydrogen-bond acceptors (Lipinski definition) is 2. The van der Waals surface area contributed by atoms with Gasteiger partial charge in [-0.2, -0.15) is 0 Å². The molecule has 1 aromatic rings. The third-order valence-electron chi connectivity index (χ3n) is 3.54. The molecule has 3 nitrogen and oxygen atoms in total. The van der Waals surface area contributed by atoms with Crippen molar-refractivity contribution in [3.05, 3.63) is 33.8 Å². The molecule has 1 N–H and O–H groups in total. The molecule has 5 heteroatoms. The molecule has 1 atom stereocenters. The molecule has 0 aliphatic carbocycles. The van der Waals surface area contributed by atoms with E-state index in [2.05, 4.69) is 0 Å². The van der Waals surface area contributed by atoms with Gasteiger partial charge in [-0.1, -0.05) is 23.2 Å². The number of amides is 1. The van der Waals surface area contributed by atoms with E-state index in [-0.39, 0.29) is 5.91 Å². The highest BCUT2D eigenvalue weighted by molar-refractivity contribution is 6.35. The van der Waals surface area contributed by atoms with Gasteiger partial charge in [0.15, 0.2) is 0 Å². The largest absolute Gasteiger partial charge is 0.391 e. The Kier molecular flexibility index (Phi) is 3.58. The minimum absolute atomic E-state index is 0.191. The maximum absolute atomic E-state index is 12.5. The summed E-state index contributed by atoms with van der Waals surface area (Å²) in [6.45, 7) is 4.22. The highest BCUT2D eigenvalue weighted by Crippen LogP contribution is 2.32. The molecule has 1 aromatic carbocycles. The molecule has 1 aliphatic heterocycles. The number of carbonyl (C=O) groups is 1. The molecule has 2 rings (SSSR count). The third kappa shape index (κ3) is 2.22. The SMILES string of the molecule is CC1(C)C(O)CCN1C(=O)c1cc(Cl)ccc1Cl. The Labute approximate surface area is 116 Å². The summed E-state index contributed by atoms with van der Waals surface area (Å²) in [4.78, 5) is 14.1. The van der Waals surface area contributed by atoms with E-state index in [4.69, 9.17) is 23.2 Å². The zero-order chi connectivity index (χ0) is 13.5. The van der Waals surface area contributed by atoms with Gasteiger partial charge < -0.3 is 10.0 Å². The summed E-state index contributed by atoms with van der Waals surface area (Å²) in [5, 5.41) is 10.7. The van der Waals surface area contributed by atoms with Crippen LogP contribution in [-0.2, 0) is 0 Å². The second-order valence-corrected chi connectivity index (χ2v) is 5.88. The smallest absolute Gasteiger partial charge is 0.255 e. The van der Waals surface area contributed by atoms with Gasteiger partial charge in [0.1, 0.15) is 0 Å². The van der Waals surface area contributed by atoms with Crippen molar-refractivity contribution in [2.24, 2.45) is 0 Å². The van der Waals surface area contributed by atoms with E-state index in [0.717, 1.165) is 0 Å². The number of halogens is 2. The van der Waals surface area contributed by atoms with Gasteiger partial charge in [0, 0.05) is 11.6 Å². The van der Waals surface area contributed by atoms with E-state index in [0.29, 0.717) is 28.6 Å². The maximum Gasteiger partial charge on any atom is 0.255 e. The molecule has 1 unspecified atom stereocenters. The average molecular weight is 288 g/mol. The number of likely N-dealkylation sites (tertiary alicyclic amines) is 1. The van der Waals surface area contributed by atoms with Gasteiger partial charge in [-0.15, -0.1) is 0 Å². The predicted octanol–water partition coefficient (Wildman–Crippen LogP) is 2.98. The molecule has 0 radical (unpaired) electrons. The first kappa shape index (κ1) is 13.7. The van der Waals surface area contributed by atoms with E-state index < -0.39 is 11.6 Å². The molecule has 1 amide bonds. The number of aliphatic hydroxyl groups excluding tert-OH is 1. The standard InChI is InChI=1S/C13H15Cl2NO2/c1-13(2)11(17)5-6-16(13)12(18)9-7-8(14)3-4-10(9)15/h3-4,7,11,17H,5-6H2,1-2H3. The van der Waals surface area contributed by atoms with E-state index >= 15 is 0 Å². The van der Waals surface area contributed by atoms with E-state index in [9.17, 15) is 9.90 Å². The number of rotatable bonds is 1. The van der Waals surface area contributed by atoms with Crippen LogP contribution in [0, 0.1) is 0 Å². The minimum atomic E-state index is -0.581. The zero-order valence-corrected chi connectivity index (χ0v) is 11.8. The lowest BCUT2D eigenvalue weighted by Gasteiger charge is -2.34. The number of hydrogen-bond donors (Lipinski definition) is 1. The van der Waals surface area contributed by atoms with Crippen LogP contribution in [0.15, 0.2) is 18.2 Å². The first-order valence-electron chi connectivity index (χ1n) is 5.79. The normalized spacial score (nSPS) is 22.3. The summed E-state index contributed by atoms with van der Waals surface area (Å²) in [6, 6.07) is 4.81. The van der Waals surface area contributed by atoms with Gasteiger partial charge >= 0.3 is 0 Å². The summed E-state index contributed by atoms with van der Waals surface area (Å²) in [5.74, 6) is -0.191. The molecule has 18 heavy (non-hydrogen) atoms. The summed E-state index contributed by atoms with van der Waals surface area (Å²) in [6.07, 6.45) is 0.0658. The van der Waals surface area contributed by atoms with Crippen LogP contribution >= 0.6 is 23.2 Å². The van der Waals surface area contributed by atoms with Crippen molar-refractivity contribution in [2.45, 2.75) is 31.9 Å². The van der Waals surface area contributed by atoms with E-state index in [1.54, 1.807) is 23.1 Å². The van der Waals surface area contributed by atoms with Gasteiger partial charge in [-0.3, -0.25) is 4.79 Å². The summed E-state index contributed by atoms with van der Waals surface area (Å²) < 4.78 is 0. The van der Waals surface area contributed by atoms with Crippen molar-refractivity contribution >= 4 is 29.1 Å². The Bertz CT molecular complexity index is 488. The molecule has 1 aliphatic rings. The third-order valence-corrected chi connectivity index (χ3v) is 4.11. The fraction of sp³-hybridized carbons (Fsp3) is 0.462. The maximum atomic E-state index is 12.5. The highest BCUT2D eigenvalue weighted by atomic mass is 35.5. The first-order valence-corrected chi connectivity index (χ1v) is 6.54. The fourth-order valence-corrected chi connectivity index (χ4v) is 2.61. The molecular weight excluding hydrogens is 273 g/mol. The lowest BCUT2D eigenvalue weighted by Crippen LogP contribution is -2.48. The van der Waals surface area contributed by atoms with Crippen LogP contribution in [0.2, 0.25) is 10.0 Å². The topological polar surface area (TPSA) is 40.5 Å². The number of carbonyl (C=O) groups excluding carboxylic acids is 1. The average Bonchev–Trinajstić information content (AvgIpc) is 2.57. The Morgan fingerprint density at radius 1 is 1.44 bits per heavy atom. The molecule has 98 valence electrons. The van der Waals surface area contributed by atoms with Gasteiger partial charge in [-0.05, 0) is 38.5 Å². The molecule has 1 heterocycles. The number of aliphatic hydroxyl groups is 1. The summed E-state index contributed by atoms with van der Waals surface area (Å²) in [7, 11) is 0. The van der Waals surface area contributed by atoms with Gasteiger partial charge in [0.05, 0.1) is 22.2 Å². The molecule has 0 spiro atoms. The number of nitrogens with zero attached hydrogens (tertiary/aromatic N) is 1. The van der Waals surface area contributed by atoms with E-state index in [1.807, 2.05) is 13.8 Å². The summed E-state index contributed by atoms with van der Waals surface area (Å²) in [5.41, 5.74) is -0.200. The van der Waals surface area contributed by atoms with E-state index in [1.165, 1.54) is 0 Å². The molecule has 1 fully saturated rings. The Balaban J connectivity index is 2.35. The lowest BCUT2D eigenvalue weighted by molar-refractivity contribution is 0.0394. The van der Waals surface area contributed by atoms with Crippen molar-refractivity contribution in [3.63, 3.8) is 0 Å². The molecular formula is C13H15Cl2NO2. The fourth-order valence-electron chi connectivity index (χ4n) is 2.24. The second kappa shape index (κ2) is 4.72. The van der Waals surface area contributed by atoms with Crippen LogP contribution in [0.1, 0.15) is 30.6 Å². The van der Waals surface area contributed by atoms with Crippen molar-refractivity contribution in [1.82, 2.24) is 4.90 Å². The molecule has 0 bridgehead atoms. The predicted molar refractivity (Wildman–Crippen MR) is 72.2 cm³/mol. The monoisotopic (exact) mass is 287 g/mol. The van der Waals surface area contributed by atoms with Crippen LogP contribution in [-0.4, -0.2) is 34.1 Å². The molecule has 0 aromatic heterocycles. The van der Waals surface area contributed by atoms with Crippen LogP contribution in [0.3, 0.4) is 0 Å². The highest BCUT2D eigenvalue weighted by Gasteiger charge is 2.43. The van der Waals surface area contributed by atoms with Crippen molar-refractivity contribution in [3.8, 4) is 0 Å². The Morgan fingerprint density at radius 2 is 2.11 bits per heavy atom. The zero-order valence-electron chi connectivity index (χ0n) is 10.3. The Hall–Kier alpha value is -0.770. The first-order chi connectivity index (χ1) is 8.34. The molecule has 1 saturated heterocycles. The van der Waals surface area contributed by atoms with Crippen LogP contribution in [0.5, 0.6) is 0 Å². The van der Waals surface area contributed by atoms with Gasteiger partial charge in [0.25, 0.3) is 5.91 Å². The van der Waals surface area contributed by atoms with Gasteiger partial charge in [0.2, 0.25) is 0 Å². The van der Waals surface area contributed by atoms with Crippen LogP contribution in [0.4, 0.5) is 0 Å². The van der Waals surface area contributed by atoms with Crippen molar-refractivity contribution in [1.29, 1.82) is 0 Å². The van der Waals surface area contributed by atoms with Crippen molar-refractivity contribution < 1.29 is 9.90 Å². The minimum Gasteiger partial charge on any atom is -0.391 e. The summed E-state index contributed by atoms with van der Waals surface area (Å²) >= 11 is 11.9. The molecule has 0 saturated carbocycles. The van der Waals surface area contributed by atoms with Crippen LogP contribution in [0.25, 0.3) is 0 Å². The van der Waals surface area contributed by atoms with Crippen molar-refractivity contribution in [2.75, 3.05) is 6.54 Å². The van der Waals surface area contributed by atoms with Gasteiger partial charge in [-0.25, -0.2) is 0 Å². The lowest BCUT2D eigenvalue weighted by atomic mass is 9.98. The Morgan fingerprint density at radius 3 is 2.67 bits per heavy atom.